The van der Waals surface area contributed by atoms with Gasteiger partial charge in [0.25, 0.3) is 0 Å². The third kappa shape index (κ3) is 7.03. The molecule has 4 aromatic rings. The maximum atomic E-state index is 13.4. The van der Waals surface area contributed by atoms with Crippen molar-refractivity contribution in [3.63, 3.8) is 0 Å². The van der Waals surface area contributed by atoms with E-state index in [9.17, 15) is 13.2 Å². The highest BCUT2D eigenvalue weighted by Gasteiger charge is 2.31. The summed E-state index contributed by atoms with van der Waals surface area (Å²) < 4.78 is 42.7. The van der Waals surface area contributed by atoms with Gasteiger partial charge in [0.05, 0.1) is 31.2 Å². The molecule has 0 saturated heterocycles. The first-order chi connectivity index (χ1) is 17.3. The van der Waals surface area contributed by atoms with Crippen molar-refractivity contribution in [2.75, 3.05) is 0 Å². The van der Waals surface area contributed by atoms with E-state index in [0.29, 0.717) is 42.8 Å². The van der Waals surface area contributed by atoms with E-state index in [2.05, 4.69) is 18.9 Å². The largest absolute Gasteiger partial charge is 0.416 e. The summed E-state index contributed by atoms with van der Waals surface area (Å²) in [6.07, 6.45) is -2.44. The van der Waals surface area contributed by atoms with Crippen LogP contribution in [0.3, 0.4) is 0 Å². The lowest BCUT2D eigenvalue weighted by Gasteiger charge is -2.10. The Morgan fingerprint density at radius 2 is 1.70 bits per heavy atom. The lowest BCUT2D eigenvalue weighted by Crippen LogP contribution is -2.05. The Hall–Kier alpha value is -2.62. The molecule has 2 heterocycles. The summed E-state index contributed by atoms with van der Waals surface area (Å²) in [5.41, 5.74) is 3.15. The van der Waals surface area contributed by atoms with E-state index in [1.54, 1.807) is 54.7 Å². The standard InChI is InChI=1S/C24H20Cl2F3N3S2.CO2/c1-12(2)33-22-21(15-5-6-19(25)20(26)10-15)30-23(34-22)32-11-18(14(4)31-32)16-7-13(3)8-17(9-16)24(27,28)29;2-1-3/h5-12H,1-4H3;. The molecule has 37 heavy (non-hydrogen) atoms. The monoisotopic (exact) mass is 585 g/mol. The number of aromatic nitrogens is 3. The van der Waals surface area contributed by atoms with Crippen molar-refractivity contribution in [2.24, 2.45) is 0 Å². The van der Waals surface area contributed by atoms with Gasteiger partial charge in [0.15, 0.2) is 0 Å². The van der Waals surface area contributed by atoms with E-state index >= 15 is 0 Å². The van der Waals surface area contributed by atoms with Crippen LogP contribution in [-0.4, -0.2) is 26.2 Å². The maximum absolute atomic E-state index is 13.4. The molecule has 0 aliphatic heterocycles. The molecule has 0 aliphatic rings. The molecule has 0 bridgehead atoms. The molecule has 0 aliphatic carbocycles. The summed E-state index contributed by atoms with van der Waals surface area (Å²) in [5.74, 6) is 0. The van der Waals surface area contributed by atoms with Crippen LogP contribution >= 0.6 is 46.3 Å². The van der Waals surface area contributed by atoms with E-state index < -0.39 is 11.7 Å². The minimum absolute atomic E-state index is 0.250. The van der Waals surface area contributed by atoms with Gasteiger partial charge in [-0.05, 0) is 49.2 Å². The molecular weight excluding hydrogens is 566 g/mol. The zero-order chi connectivity index (χ0) is 27.5. The van der Waals surface area contributed by atoms with E-state index in [4.69, 9.17) is 37.8 Å². The molecule has 0 amide bonds. The number of rotatable bonds is 5. The molecule has 2 aromatic heterocycles. The molecule has 0 spiro atoms. The summed E-state index contributed by atoms with van der Waals surface area (Å²) in [5, 5.41) is 6.39. The third-order valence-corrected chi connectivity index (χ3v) is 7.93. The first kappa shape index (κ1) is 28.9. The normalized spacial score (nSPS) is 11.3. The maximum Gasteiger partial charge on any atom is 0.416 e. The number of thiazole rings is 1. The number of carbonyl (C=O) groups excluding carboxylic acids is 2. The molecule has 4 rings (SSSR count). The number of halogens is 5. The smallest absolute Gasteiger partial charge is 0.217 e. The molecule has 5 nitrogen and oxygen atoms in total. The summed E-state index contributed by atoms with van der Waals surface area (Å²) in [6, 6.07) is 9.40. The van der Waals surface area contributed by atoms with Crippen LogP contribution in [0.4, 0.5) is 13.2 Å². The topological polar surface area (TPSA) is 64.8 Å². The fourth-order valence-electron chi connectivity index (χ4n) is 3.46. The predicted molar refractivity (Wildman–Crippen MR) is 141 cm³/mol. The Morgan fingerprint density at radius 1 is 1.03 bits per heavy atom. The molecule has 2 aromatic carbocycles. The van der Waals surface area contributed by atoms with Gasteiger partial charge in [-0.15, -0.1) is 11.8 Å². The van der Waals surface area contributed by atoms with Crippen LogP contribution in [0, 0.1) is 13.8 Å². The van der Waals surface area contributed by atoms with Gasteiger partial charge in [-0.2, -0.15) is 27.9 Å². The second kappa shape index (κ2) is 11.8. The molecule has 0 unspecified atom stereocenters. The molecule has 0 radical (unpaired) electrons. The summed E-state index contributed by atoms with van der Waals surface area (Å²) in [4.78, 5) is 21.1. The molecule has 0 fully saturated rings. The first-order valence-electron chi connectivity index (χ1n) is 10.7. The van der Waals surface area contributed by atoms with Crippen LogP contribution in [-0.2, 0) is 15.8 Å². The molecule has 0 atom stereocenters. The van der Waals surface area contributed by atoms with Crippen molar-refractivity contribution in [3.8, 4) is 27.5 Å². The second-order valence-electron chi connectivity index (χ2n) is 8.17. The number of nitrogens with zero attached hydrogens (tertiary/aromatic N) is 3. The molecular formula is C25H20Cl2F3N3O2S2. The Bertz CT molecular complexity index is 1460. The van der Waals surface area contributed by atoms with Crippen molar-refractivity contribution < 1.29 is 22.8 Å². The Kier molecular flexibility index (Phi) is 9.26. The molecule has 12 heteroatoms. The van der Waals surface area contributed by atoms with Gasteiger partial charge in [0.2, 0.25) is 5.13 Å². The van der Waals surface area contributed by atoms with Gasteiger partial charge in [-0.25, -0.2) is 9.67 Å². The highest BCUT2D eigenvalue weighted by Crippen LogP contribution is 2.41. The van der Waals surface area contributed by atoms with E-state index in [-0.39, 0.29) is 6.15 Å². The summed E-state index contributed by atoms with van der Waals surface area (Å²) in [6.45, 7) is 7.61. The van der Waals surface area contributed by atoms with Crippen molar-refractivity contribution >= 4 is 52.5 Å². The predicted octanol–water partition coefficient (Wildman–Crippen LogP) is 8.52. The minimum Gasteiger partial charge on any atom is -0.217 e. The van der Waals surface area contributed by atoms with E-state index in [1.165, 1.54) is 11.3 Å². The fourth-order valence-corrected chi connectivity index (χ4v) is 6.20. The van der Waals surface area contributed by atoms with Crippen molar-refractivity contribution in [1.29, 1.82) is 0 Å². The van der Waals surface area contributed by atoms with Crippen molar-refractivity contribution in [1.82, 2.24) is 14.8 Å². The number of hydrogen-bond acceptors (Lipinski definition) is 6. The number of alkyl halides is 3. The number of aryl methyl sites for hydroxylation is 2. The summed E-state index contributed by atoms with van der Waals surface area (Å²) in [7, 11) is 0. The number of hydrogen-bond donors (Lipinski definition) is 0. The second-order valence-corrected chi connectivity index (χ2v) is 11.8. The van der Waals surface area contributed by atoms with Crippen LogP contribution in [0.15, 0.2) is 46.8 Å². The average Bonchev–Trinajstić information content (AvgIpc) is 3.38. The van der Waals surface area contributed by atoms with E-state index in [1.807, 2.05) is 6.07 Å². The first-order valence-corrected chi connectivity index (χ1v) is 13.2. The van der Waals surface area contributed by atoms with Gasteiger partial charge in [0, 0.05) is 22.6 Å². The van der Waals surface area contributed by atoms with Crippen LogP contribution in [0.1, 0.15) is 30.7 Å². The molecule has 194 valence electrons. The molecule has 0 saturated carbocycles. The van der Waals surface area contributed by atoms with Crippen LogP contribution in [0.2, 0.25) is 10.0 Å². The Labute approximate surface area is 229 Å². The Morgan fingerprint density at radius 3 is 2.30 bits per heavy atom. The number of benzene rings is 2. The van der Waals surface area contributed by atoms with Crippen LogP contribution in [0.5, 0.6) is 0 Å². The van der Waals surface area contributed by atoms with Crippen molar-refractivity contribution in [2.45, 2.75) is 43.3 Å². The zero-order valence-corrected chi connectivity index (χ0v) is 23.1. The summed E-state index contributed by atoms with van der Waals surface area (Å²) >= 11 is 15.5. The van der Waals surface area contributed by atoms with Crippen LogP contribution in [0.25, 0.3) is 27.5 Å². The van der Waals surface area contributed by atoms with Gasteiger partial charge in [0.1, 0.15) is 0 Å². The van der Waals surface area contributed by atoms with Gasteiger partial charge >= 0.3 is 12.3 Å². The number of thioether (sulfide) groups is 1. The Balaban J connectivity index is 0.00000121. The minimum atomic E-state index is -4.42. The lowest BCUT2D eigenvalue weighted by atomic mass is 10.0. The third-order valence-electron chi connectivity index (χ3n) is 4.93. The quantitative estimate of drug-likeness (QED) is 0.219. The van der Waals surface area contributed by atoms with Gasteiger partial charge in [-0.1, -0.05) is 60.5 Å². The van der Waals surface area contributed by atoms with Gasteiger partial charge in [-0.3, -0.25) is 0 Å². The van der Waals surface area contributed by atoms with Crippen molar-refractivity contribution in [3.05, 3.63) is 69.5 Å². The average molecular weight is 586 g/mol. The SMILES string of the molecule is Cc1cc(-c2cn(-c3nc(-c4ccc(Cl)c(Cl)c4)c(SC(C)C)s3)nc2C)cc(C(F)(F)F)c1.O=C=O. The zero-order valence-electron chi connectivity index (χ0n) is 20.0. The fraction of sp³-hybridized carbons (Fsp3) is 0.240. The van der Waals surface area contributed by atoms with Gasteiger partial charge < -0.3 is 0 Å². The highest BCUT2D eigenvalue weighted by molar-refractivity contribution is 8.01. The van der Waals surface area contributed by atoms with Crippen LogP contribution < -0.4 is 0 Å². The van der Waals surface area contributed by atoms with E-state index in [0.717, 1.165) is 27.6 Å². The lowest BCUT2D eigenvalue weighted by molar-refractivity contribution is -0.191. The highest BCUT2D eigenvalue weighted by atomic mass is 35.5. The molecule has 0 N–H and O–H groups in total.